The molecule has 4 aromatic rings. The number of aryl methyl sites for hydroxylation is 2. The number of hydrogen-bond donors (Lipinski definition) is 0. The van der Waals surface area contributed by atoms with Gasteiger partial charge in [0.25, 0.3) is 15.9 Å². The topological polar surface area (TPSA) is 90.7 Å². The minimum absolute atomic E-state index is 0.0270. The van der Waals surface area contributed by atoms with Gasteiger partial charge in [-0.15, -0.1) is 0 Å². The van der Waals surface area contributed by atoms with E-state index in [0.29, 0.717) is 0 Å². The Morgan fingerprint density at radius 2 is 1.82 bits per heavy atom. The van der Waals surface area contributed by atoms with Crippen LogP contribution in [0.4, 0.5) is 8.78 Å². The number of halogens is 2. The molecule has 0 saturated carbocycles. The Labute approximate surface area is 218 Å². The molecule has 0 bridgehead atoms. The van der Waals surface area contributed by atoms with E-state index in [-0.39, 0.29) is 57.4 Å². The van der Waals surface area contributed by atoms with E-state index in [4.69, 9.17) is 9.47 Å². The van der Waals surface area contributed by atoms with E-state index in [9.17, 15) is 22.0 Å². The summed E-state index contributed by atoms with van der Waals surface area (Å²) in [6, 6.07) is 11.1. The zero-order valence-corrected chi connectivity index (χ0v) is 22.0. The quantitative estimate of drug-likeness (QED) is 0.362. The Kier molecular flexibility index (Phi) is 6.34. The maximum absolute atomic E-state index is 14.8. The van der Waals surface area contributed by atoms with Crippen molar-refractivity contribution in [2.24, 2.45) is 0 Å². The number of benzene rings is 3. The minimum atomic E-state index is -4.09. The maximum Gasteiger partial charge on any atom is 0.269 e. The summed E-state index contributed by atoms with van der Waals surface area (Å²) in [4.78, 5) is 18.8. The van der Waals surface area contributed by atoms with Crippen LogP contribution >= 0.6 is 0 Å². The highest BCUT2D eigenvalue weighted by atomic mass is 32.2. The zero-order chi connectivity index (χ0) is 27.4. The van der Waals surface area contributed by atoms with Crippen molar-refractivity contribution in [1.82, 2.24) is 13.9 Å². The molecule has 0 radical (unpaired) electrons. The van der Waals surface area contributed by atoms with Gasteiger partial charge < -0.3 is 14.4 Å². The largest absolute Gasteiger partial charge is 0.493 e. The second-order valence-electron chi connectivity index (χ2n) is 9.33. The highest BCUT2D eigenvalue weighted by Gasteiger charge is 2.31. The van der Waals surface area contributed by atoms with Crippen molar-refractivity contribution in [3.05, 3.63) is 82.7 Å². The number of hydrogen-bond acceptors (Lipinski definition) is 6. The summed E-state index contributed by atoms with van der Waals surface area (Å²) >= 11 is 0. The van der Waals surface area contributed by atoms with Crippen molar-refractivity contribution in [3.8, 4) is 11.5 Å². The molecule has 0 unspecified atom stereocenters. The number of imidazole rings is 1. The Morgan fingerprint density at radius 1 is 1.11 bits per heavy atom. The first-order chi connectivity index (χ1) is 18.0. The lowest BCUT2D eigenvalue weighted by Gasteiger charge is -2.27. The molecule has 0 N–H and O–H groups in total. The number of amides is 1. The van der Waals surface area contributed by atoms with Crippen LogP contribution in [0.1, 0.15) is 39.8 Å². The molecule has 1 atom stereocenters. The minimum Gasteiger partial charge on any atom is -0.493 e. The van der Waals surface area contributed by atoms with Gasteiger partial charge in [0, 0.05) is 38.2 Å². The van der Waals surface area contributed by atoms with Crippen molar-refractivity contribution in [3.63, 3.8) is 0 Å². The van der Waals surface area contributed by atoms with E-state index >= 15 is 0 Å². The van der Waals surface area contributed by atoms with Crippen LogP contribution in [0.25, 0.3) is 11.0 Å². The standard InChI is InChI=1S/C27H25F2N3O5S/c1-15-5-7-19(8-6-15)38(34,35)32-16(2)30-26-21(32)11-17(27(33)31(3)4)12-24(26)37-22-9-10-36-23-14-18(28)13-20(29)25(22)23/h5-8,11-14,22H,9-10H2,1-4H3/t22-/m1/s1. The van der Waals surface area contributed by atoms with Gasteiger partial charge in [0.15, 0.2) is 0 Å². The molecule has 0 spiro atoms. The van der Waals surface area contributed by atoms with Crippen molar-refractivity contribution in [2.75, 3.05) is 20.7 Å². The number of aromatic nitrogens is 2. The maximum atomic E-state index is 14.8. The van der Waals surface area contributed by atoms with Gasteiger partial charge in [-0.1, -0.05) is 17.7 Å². The fraction of sp³-hybridized carbons (Fsp3) is 0.259. The Hall–Kier alpha value is -3.99. The SMILES string of the molecule is Cc1ccc(S(=O)(=O)n2c(C)nc3c(O[C@@H]4CCOc5cc(F)cc(F)c54)cc(C(=O)N(C)C)cc32)cc1. The smallest absolute Gasteiger partial charge is 0.269 e. The molecule has 8 nitrogen and oxygen atoms in total. The summed E-state index contributed by atoms with van der Waals surface area (Å²) in [5.74, 6) is -1.73. The first-order valence-corrected chi connectivity index (χ1v) is 13.3. The van der Waals surface area contributed by atoms with Crippen LogP contribution in [0, 0.1) is 25.5 Å². The predicted octanol–water partition coefficient (Wildman–Crippen LogP) is 4.77. The summed E-state index contributed by atoms with van der Waals surface area (Å²) in [5.41, 5.74) is 1.42. The molecule has 3 aromatic carbocycles. The second-order valence-corrected chi connectivity index (χ2v) is 11.1. The third-order valence-electron chi connectivity index (χ3n) is 6.34. The highest BCUT2D eigenvalue weighted by Crippen LogP contribution is 2.40. The van der Waals surface area contributed by atoms with Crippen LogP contribution in [0.5, 0.6) is 11.5 Å². The van der Waals surface area contributed by atoms with Gasteiger partial charge in [0.05, 0.1) is 22.6 Å². The summed E-state index contributed by atoms with van der Waals surface area (Å²) in [7, 11) is -0.957. The average Bonchev–Trinajstić information content (AvgIpc) is 3.20. The fourth-order valence-corrected chi connectivity index (χ4v) is 5.99. The van der Waals surface area contributed by atoms with Gasteiger partial charge in [0.1, 0.15) is 40.6 Å². The molecule has 0 fully saturated rings. The molecule has 11 heteroatoms. The lowest BCUT2D eigenvalue weighted by molar-refractivity contribution is 0.0826. The monoisotopic (exact) mass is 541 g/mol. The van der Waals surface area contributed by atoms with Gasteiger partial charge in [-0.25, -0.2) is 26.2 Å². The van der Waals surface area contributed by atoms with Crippen LogP contribution < -0.4 is 9.47 Å². The summed E-state index contributed by atoms with van der Waals surface area (Å²) in [6.45, 7) is 3.53. The van der Waals surface area contributed by atoms with Crippen molar-refractivity contribution < 1.29 is 31.5 Å². The van der Waals surface area contributed by atoms with Crippen LogP contribution in [-0.4, -0.2) is 48.9 Å². The summed E-state index contributed by atoms with van der Waals surface area (Å²) < 4.78 is 68.7. The predicted molar refractivity (Wildman–Crippen MR) is 136 cm³/mol. The third-order valence-corrected chi connectivity index (χ3v) is 8.15. The van der Waals surface area contributed by atoms with Crippen molar-refractivity contribution >= 4 is 27.0 Å². The molecule has 0 saturated heterocycles. The average molecular weight is 542 g/mol. The Balaban J connectivity index is 1.70. The first kappa shape index (κ1) is 25.7. The normalized spacial score (nSPS) is 15.2. The number of carbonyl (C=O) groups excluding carboxylic acids is 1. The first-order valence-electron chi connectivity index (χ1n) is 11.8. The molecule has 1 aliphatic rings. The molecule has 0 aliphatic carbocycles. The molecule has 1 amide bonds. The molecule has 2 heterocycles. The molecule has 198 valence electrons. The number of rotatable bonds is 5. The lowest BCUT2D eigenvalue weighted by Crippen LogP contribution is -2.23. The molecular weight excluding hydrogens is 516 g/mol. The van der Waals surface area contributed by atoms with E-state index < -0.39 is 33.7 Å². The van der Waals surface area contributed by atoms with Crippen LogP contribution in [0.2, 0.25) is 0 Å². The fourth-order valence-electron chi connectivity index (χ4n) is 4.52. The second kappa shape index (κ2) is 9.39. The van der Waals surface area contributed by atoms with Gasteiger partial charge in [-0.3, -0.25) is 4.79 Å². The third kappa shape index (κ3) is 4.36. The number of carbonyl (C=O) groups is 1. The van der Waals surface area contributed by atoms with Crippen LogP contribution in [-0.2, 0) is 10.0 Å². The molecule has 38 heavy (non-hydrogen) atoms. The van der Waals surface area contributed by atoms with Gasteiger partial charge in [-0.05, 0) is 38.1 Å². The summed E-state index contributed by atoms with van der Waals surface area (Å²) in [5, 5.41) is 0. The van der Waals surface area contributed by atoms with E-state index in [1.807, 2.05) is 6.92 Å². The van der Waals surface area contributed by atoms with Crippen molar-refractivity contribution in [2.45, 2.75) is 31.3 Å². The molecular formula is C27H25F2N3O5S. The van der Waals surface area contributed by atoms with Gasteiger partial charge >= 0.3 is 0 Å². The van der Waals surface area contributed by atoms with Gasteiger partial charge in [0.2, 0.25) is 0 Å². The zero-order valence-electron chi connectivity index (χ0n) is 21.2. The Morgan fingerprint density at radius 3 is 2.50 bits per heavy atom. The highest BCUT2D eigenvalue weighted by molar-refractivity contribution is 7.90. The van der Waals surface area contributed by atoms with Crippen molar-refractivity contribution in [1.29, 1.82) is 0 Å². The number of nitrogens with zero attached hydrogens (tertiary/aromatic N) is 3. The van der Waals surface area contributed by atoms with Crippen LogP contribution in [0.3, 0.4) is 0 Å². The molecule has 5 rings (SSSR count). The van der Waals surface area contributed by atoms with E-state index in [0.717, 1.165) is 21.7 Å². The van der Waals surface area contributed by atoms with E-state index in [1.165, 1.54) is 36.1 Å². The van der Waals surface area contributed by atoms with Gasteiger partial charge in [-0.2, -0.15) is 0 Å². The number of fused-ring (bicyclic) bond motifs is 2. The lowest BCUT2D eigenvalue weighted by atomic mass is 10.0. The number of ether oxygens (including phenoxy) is 2. The summed E-state index contributed by atoms with van der Waals surface area (Å²) in [6.07, 6.45) is -0.643. The molecule has 1 aliphatic heterocycles. The molecule has 1 aromatic heterocycles. The van der Waals surface area contributed by atoms with Crippen LogP contribution in [0.15, 0.2) is 53.4 Å². The van der Waals surface area contributed by atoms with E-state index in [2.05, 4.69) is 4.98 Å². The van der Waals surface area contributed by atoms with E-state index in [1.54, 1.807) is 26.2 Å². The Bertz CT molecular complexity index is 1680.